The van der Waals surface area contributed by atoms with E-state index >= 15 is 0 Å². The summed E-state index contributed by atoms with van der Waals surface area (Å²) in [4.78, 5) is 12.2. The standard InChI is InChI=1S/C18H17FO5/c1-11-3-4-12(7-16(11)21-2)18(20)23-9-14-6-15(19)5-13-8-22-10-24-17(13)14/h3-7H,8-10H2,1-2H3. The highest BCUT2D eigenvalue weighted by atomic mass is 19.1. The summed E-state index contributed by atoms with van der Waals surface area (Å²) in [7, 11) is 1.54. The van der Waals surface area contributed by atoms with Gasteiger partial charge in [0.25, 0.3) is 0 Å². The van der Waals surface area contributed by atoms with Crippen molar-refractivity contribution in [3.05, 3.63) is 58.4 Å². The van der Waals surface area contributed by atoms with E-state index in [1.54, 1.807) is 18.2 Å². The Hall–Kier alpha value is -2.60. The van der Waals surface area contributed by atoms with Gasteiger partial charge in [0.05, 0.1) is 19.3 Å². The van der Waals surface area contributed by atoms with E-state index in [0.29, 0.717) is 28.2 Å². The Kier molecular flexibility index (Phi) is 4.66. The molecular formula is C18H17FO5. The Labute approximate surface area is 138 Å². The largest absolute Gasteiger partial charge is 0.496 e. The van der Waals surface area contributed by atoms with E-state index in [0.717, 1.165) is 5.56 Å². The Morgan fingerprint density at radius 1 is 1.29 bits per heavy atom. The lowest BCUT2D eigenvalue weighted by Crippen LogP contribution is -2.15. The minimum Gasteiger partial charge on any atom is -0.496 e. The molecule has 1 aliphatic heterocycles. The van der Waals surface area contributed by atoms with E-state index in [9.17, 15) is 9.18 Å². The number of carbonyl (C=O) groups excluding carboxylic acids is 1. The zero-order valence-corrected chi connectivity index (χ0v) is 13.4. The molecule has 0 saturated carbocycles. The van der Waals surface area contributed by atoms with Gasteiger partial charge in [-0.05, 0) is 36.8 Å². The van der Waals surface area contributed by atoms with Gasteiger partial charge in [-0.2, -0.15) is 0 Å². The second-order valence-corrected chi connectivity index (χ2v) is 5.42. The number of aryl methyl sites for hydroxylation is 1. The van der Waals surface area contributed by atoms with Crippen LogP contribution in [0.1, 0.15) is 27.0 Å². The molecule has 0 spiro atoms. The Balaban J connectivity index is 1.76. The van der Waals surface area contributed by atoms with Gasteiger partial charge < -0.3 is 18.9 Å². The third-order valence-electron chi connectivity index (χ3n) is 3.75. The molecule has 0 fully saturated rings. The molecule has 1 aliphatic rings. The van der Waals surface area contributed by atoms with E-state index in [4.69, 9.17) is 18.9 Å². The summed E-state index contributed by atoms with van der Waals surface area (Å²) in [5, 5.41) is 0. The molecule has 0 atom stereocenters. The molecule has 1 heterocycles. The van der Waals surface area contributed by atoms with Crippen LogP contribution >= 0.6 is 0 Å². The van der Waals surface area contributed by atoms with Crippen LogP contribution in [-0.2, 0) is 22.7 Å². The van der Waals surface area contributed by atoms with Gasteiger partial charge in [0.15, 0.2) is 6.79 Å². The minimum atomic E-state index is -0.515. The van der Waals surface area contributed by atoms with Crippen molar-refractivity contribution in [2.75, 3.05) is 13.9 Å². The summed E-state index contributed by atoms with van der Waals surface area (Å²) < 4.78 is 34.7. The normalized spacial score (nSPS) is 13.0. The molecule has 2 aromatic carbocycles. The number of fused-ring (bicyclic) bond motifs is 1. The van der Waals surface area contributed by atoms with Crippen molar-refractivity contribution in [1.82, 2.24) is 0 Å². The average molecular weight is 332 g/mol. The van der Waals surface area contributed by atoms with Crippen molar-refractivity contribution < 1.29 is 28.1 Å². The smallest absolute Gasteiger partial charge is 0.338 e. The van der Waals surface area contributed by atoms with Crippen LogP contribution in [0.25, 0.3) is 0 Å². The highest BCUT2D eigenvalue weighted by molar-refractivity contribution is 5.90. The number of hydrogen-bond donors (Lipinski definition) is 0. The second kappa shape index (κ2) is 6.88. The summed E-state index contributed by atoms with van der Waals surface area (Å²) in [6.45, 7) is 2.15. The van der Waals surface area contributed by atoms with Crippen LogP contribution in [0.5, 0.6) is 11.5 Å². The fourth-order valence-electron chi connectivity index (χ4n) is 2.54. The molecule has 3 rings (SSSR count). The zero-order chi connectivity index (χ0) is 17.1. The number of benzene rings is 2. The van der Waals surface area contributed by atoms with Gasteiger partial charge in [-0.15, -0.1) is 0 Å². The first-order chi connectivity index (χ1) is 11.6. The highest BCUT2D eigenvalue weighted by Gasteiger charge is 2.18. The van der Waals surface area contributed by atoms with Gasteiger partial charge in [0.2, 0.25) is 0 Å². The van der Waals surface area contributed by atoms with Crippen molar-refractivity contribution in [1.29, 1.82) is 0 Å². The fourth-order valence-corrected chi connectivity index (χ4v) is 2.54. The van der Waals surface area contributed by atoms with Gasteiger partial charge in [-0.3, -0.25) is 0 Å². The molecule has 6 heteroatoms. The lowest BCUT2D eigenvalue weighted by Gasteiger charge is -2.20. The van der Waals surface area contributed by atoms with Gasteiger partial charge in [-0.1, -0.05) is 6.07 Å². The first-order valence-corrected chi connectivity index (χ1v) is 7.42. The molecule has 0 aliphatic carbocycles. The number of ether oxygens (including phenoxy) is 4. The van der Waals surface area contributed by atoms with Crippen LogP contribution in [0.3, 0.4) is 0 Å². The van der Waals surface area contributed by atoms with Gasteiger partial charge >= 0.3 is 5.97 Å². The minimum absolute atomic E-state index is 0.0882. The summed E-state index contributed by atoms with van der Waals surface area (Å²) in [5.74, 6) is 0.175. The predicted octanol–water partition coefficient (Wildman–Crippen LogP) is 3.37. The van der Waals surface area contributed by atoms with Crippen molar-refractivity contribution >= 4 is 5.97 Å². The Morgan fingerprint density at radius 3 is 2.92 bits per heavy atom. The molecule has 24 heavy (non-hydrogen) atoms. The van der Waals surface area contributed by atoms with Gasteiger partial charge in [0.1, 0.15) is 23.9 Å². The zero-order valence-electron chi connectivity index (χ0n) is 13.4. The molecule has 2 aromatic rings. The number of hydrogen-bond acceptors (Lipinski definition) is 5. The molecule has 0 amide bonds. The fraction of sp³-hybridized carbons (Fsp3) is 0.278. The molecule has 0 N–H and O–H groups in total. The van der Waals surface area contributed by atoms with Gasteiger partial charge in [-0.25, -0.2) is 9.18 Å². The van der Waals surface area contributed by atoms with Crippen molar-refractivity contribution in [2.45, 2.75) is 20.1 Å². The predicted molar refractivity (Wildman–Crippen MR) is 83.5 cm³/mol. The molecule has 5 nitrogen and oxygen atoms in total. The number of halogens is 1. The molecule has 0 bridgehead atoms. The second-order valence-electron chi connectivity index (χ2n) is 5.42. The molecular weight excluding hydrogens is 315 g/mol. The van der Waals surface area contributed by atoms with E-state index in [-0.39, 0.29) is 20.0 Å². The van der Waals surface area contributed by atoms with Crippen LogP contribution in [0.4, 0.5) is 4.39 Å². The average Bonchev–Trinajstić information content (AvgIpc) is 2.59. The first-order valence-electron chi connectivity index (χ1n) is 7.42. The Morgan fingerprint density at radius 2 is 2.12 bits per heavy atom. The van der Waals surface area contributed by atoms with E-state index in [1.807, 2.05) is 6.92 Å². The maximum Gasteiger partial charge on any atom is 0.338 e. The number of esters is 1. The van der Waals surface area contributed by atoms with Crippen LogP contribution in [0.15, 0.2) is 30.3 Å². The third-order valence-corrected chi connectivity index (χ3v) is 3.75. The van der Waals surface area contributed by atoms with Crippen molar-refractivity contribution in [2.24, 2.45) is 0 Å². The van der Waals surface area contributed by atoms with Crippen LogP contribution < -0.4 is 9.47 Å². The lowest BCUT2D eigenvalue weighted by molar-refractivity contribution is -0.0182. The summed E-state index contributed by atoms with van der Waals surface area (Å²) in [6, 6.07) is 7.70. The number of carbonyl (C=O) groups is 1. The quantitative estimate of drug-likeness (QED) is 0.804. The maximum absolute atomic E-state index is 13.7. The summed E-state index contributed by atoms with van der Waals surface area (Å²) in [6.07, 6.45) is 0. The first kappa shape index (κ1) is 16.3. The van der Waals surface area contributed by atoms with E-state index in [2.05, 4.69) is 0 Å². The number of rotatable bonds is 4. The lowest BCUT2D eigenvalue weighted by atomic mass is 10.1. The molecule has 0 saturated heterocycles. The summed E-state index contributed by atoms with van der Waals surface area (Å²) in [5.41, 5.74) is 2.36. The Bertz CT molecular complexity index is 772. The van der Waals surface area contributed by atoms with E-state index in [1.165, 1.54) is 19.2 Å². The maximum atomic E-state index is 13.7. The van der Waals surface area contributed by atoms with Gasteiger partial charge in [0, 0.05) is 11.1 Å². The van der Waals surface area contributed by atoms with Crippen molar-refractivity contribution in [3.8, 4) is 11.5 Å². The molecule has 126 valence electrons. The van der Waals surface area contributed by atoms with Crippen LogP contribution in [0.2, 0.25) is 0 Å². The molecule has 0 aromatic heterocycles. The molecule has 0 unspecified atom stereocenters. The van der Waals surface area contributed by atoms with Crippen molar-refractivity contribution in [3.63, 3.8) is 0 Å². The van der Waals surface area contributed by atoms with E-state index < -0.39 is 11.8 Å². The highest BCUT2D eigenvalue weighted by Crippen LogP contribution is 2.30. The third kappa shape index (κ3) is 3.33. The number of methoxy groups -OCH3 is 1. The SMILES string of the molecule is COc1cc(C(=O)OCc2cc(F)cc3c2OCOC3)ccc1C. The van der Waals surface area contributed by atoms with Crippen LogP contribution in [0, 0.1) is 12.7 Å². The van der Waals surface area contributed by atoms with Crippen LogP contribution in [-0.4, -0.2) is 19.9 Å². The topological polar surface area (TPSA) is 54.0 Å². The molecule has 0 radical (unpaired) electrons. The monoisotopic (exact) mass is 332 g/mol. The summed E-state index contributed by atoms with van der Waals surface area (Å²) >= 11 is 0.